The maximum absolute atomic E-state index is 13.3. The van der Waals surface area contributed by atoms with E-state index in [1.807, 2.05) is 0 Å². The van der Waals surface area contributed by atoms with Crippen molar-refractivity contribution in [3.05, 3.63) is 0 Å². The molecule has 2 aliphatic carbocycles. The molecule has 3 fully saturated rings. The number of nitrogens with zero attached hydrogens (tertiary/aromatic N) is 1. The van der Waals surface area contributed by atoms with Crippen molar-refractivity contribution in [2.24, 2.45) is 11.8 Å². The fraction of sp³-hybridized carbons (Fsp3) is 0.941. The summed E-state index contributed by atoms with van der Waals surface area (Å²) in [7, 11) is 0. The average molecular weight is 279 g/mol. The van der Waals surface area contributed by atoms with Crippen LogP contribution in [-0.2, 0) is 9.53 Å². The van der Waals surface area contributed by atoms with Crippen molar-refractivity contribution in [2.45, 2.75) is 63.8 Å². The molecule has 3 rings (SSSR count). The molecule has 114 valence electrons. The van der Waals surface area contributed by atoms with Crippen molar-refractivity contribution in [1.29, 1.82) is 0 Å². The van der Waals surface area contributed by atoms with Gasteiger partial charge in [0.05, 0.1) is 18.8 Å². The van der Waals surface area contributed by atoms with Crippen LogP contribution >= 0.6 is 0 Å². The predicted molar refractivity (Wildman–Crippen MR) is 79.7 cm³/mol. The van der Waals surface area contributed by atoms with Crippen molar-refractivity contribution < 1.29 is 9.53 Å². The number of morpholine rings is 1. The average Bonchev–Trinajstić information content (AvgIpc) is 2.98. The molecule has 2 atom stereocenters. The molecule has 0 aromatic heterocycles. The molecule has 0 aromatic carbocycles. The van der Waals surface area contributed by atoms with Gasteiger partial charge in [0.15, 0.2) is 5.78 Å². The Balaban J connectivity index is 1.76. The standard InChI is InChI=1S/C17H29NO2/c1-14-5-4-6-15(13-14)16(19)17(7-2-3-8-17)18-9-11-20-12-10-18/h14-15H,2-13H2,1H3. The van der Waals surface area contributed by atoms with Gasteiger partial charge in [0.25, 0.3) is 0 Å². The SMILES string of the molecule is CC1CCCC(C(=O)C2(N3CCOCC3)CCCC2)C1. The quantitative estimate of drug-likeness (QED) is 0.795. The molecule has 0 bridgehead atoms. The molecule has 3 aliphatic rings. The number of hydrogen-bond donors (Lipinski definition) is 0. The highest BCUT2D eigenvalue weighted by Crippen LogP contribution is 2.42. The Kier molecular flexibility index (Phi) is 4.46. The lowest BCUT2D eigenvalue weighted by atomic mass is 9.73. The van der Waals surface area contributed by atoms with Gasteiger partial charge in [0.1, 0.15) is 0 Å². The van der Waals surface area contributed by atoms with E-state index in [1.165, 1.54) is 25.7 Å². The number of carbonyl (C=O) groups excluding carboxylic acids is 1. The second-order valence-electron chi connectivity index (χ2n) is 7.17. The minimum Gasteiger partial charge on any atom is -0.379 e. The van der Waals surface area contributed by atoms with E-state index < -0.39 is 0 Å². The summed E-state index contributed by atoms with van der Waals surface area (Å²) in [6.45, 7) is 5.82. The summed E-state index contributed by atoms with van der Waals surface area (Å²) in [4.78, 5) is 15.8. The molecule has 20 heavy (non-hydrogen) atoms. The Hall–Kier alpha value is -0.410. The normalized spacial score (nSPS) is 35.0. The largest absolute Gasteiger partial charge is 0.379 e. The molecule has 0 aromatic rings. The van der Waals surface area contributed by atoms with Crippen molar-refractivity contribution in [3.8, 4) is 0 Å². The fourth-order valence-corrected chi connectivity index (χ4v) is 4.72. The van der Waals surface area contributed by atoms with Crippen LogP contribution in [0.1, 0.15) is 58.3 Å². The van der Waals surface area contributed by atoms with Crippen LogP contribution in [0.4, 0.5) is 0 Å². The topological polar surface area (TPSA) is 29.5 Å². The molecule has 3 heteroatoms. The molecule has 0 amide bonds. The first-order valence-corrected chi connectivity index (χ1v) is 8.59. The van der Waals surface area contributed by atoms with Gasteiger partial charge in [-0.2, -0.15) is 0 Å². The smallest absolute Gasteiger partial charge is 0.156 e. The number of Topliss-reactive ketones (excluding diaryl/α,β-unsaturated/α-hetero) is 1. The number of ether oxygens (including phenoxy) is 1. The number of rotatable bonds is 3. The lowest BCUT2D eigenvalue weighted by Crippen LogP contribution is -2.58. The zero-order valence-corrected chi connectivity index (χ0v) is 12.9. The first-order chi connectivity index (χ1) is 9.72. The second-order valence-corrected chi connectivity index (χ2v) is 7.17. The van der Waals surface area contributed by atoms with E-state index >= 15 is 0 Å². The van der Waals surface area contributed by atoms with E-state index in [0.717, 1.165) is 57.9 Å². The minimum atomic E-state index is -0.120. The van der Waals surface area contributed by atoms with Gasteiger partial charge < -0.3 is 4.74 Å². The first-order valence-electron chi connectivity index (χ1n) is 8.59. The third-order valence-electron chi connectivity index (χ3n) is 5.81. The van der Waals surface area contributed by atoms with Gasteiger partial charge in [0.2, 0.25) is 0 Å². The number of hydrogen-bond acceptors (Lipinski definition) is 3. The maximum atomic E-state index is 13.3. The van der Waals surface area contributed by atoms with Gasteiger partial charge in [-0.1, -0.05) is 32.6 Å². The maximum Gasteiger partial charge on any atom is 0.156 e. The molecule has 1 saturated heterocycles. The number of ketones is 1. The molecular formula is C17H29NO2. The molecule has 0 radical (unpaired) electrons. The molecule has 1 aliphatic heterocycles. The van der Waals surface area contributed by atoms with Crippen LogP contribution in [0.15, 0.2) is 0 Å². The predicted octanol–water partition coefficient (Wildman–Crippen LogP) is 3.03. The molecule has 0 spiro atoms. The monoisotopic (exact) mass is 279 g/mol. The zero-order valence-electron chi connectivity index (χ0n) is 12.9. The van der Waals surface area contributed by atoms with Gasteiger partial charge in [-0.05, 0) is 31.6 Å². The minimum absolute atomic E-state index is 0.120. The zero-order chi connectivity index (χ0) is 14.0. The van der Waals surface area contributed by atoms with Gasteiger partial charge in [-0.25, -0.2) is 0 Å². The van der Waals surface area contributed by atoms with Crippen LogP contribution in [0.2, 0.25) is 0 Å². The van der Waals surface area contributed by atoms with Crippen LogP contribution in [0.3, 0.4) is 0 Å². The molecule has 3 nitrogen and oxygen atoms in total. The van der Waals surface area contributed by atoms with Crippen molar-refractivity contribution >= 4 is 5.78 Å². The van der Waals surface area contributed by atoms with Crippen molar-refractivity contribution in [1.82, 2.24) is 4.90 Å². The van der Waals surface area contributed by atoms with E-state index in [0.29, 0.717) is 11.7 Å². The summed E-state index contributed by atoms with van der Waals surface area (Å²) >= 11 is 0. The first kappa shape index (κ1) is 14.5. The Bertz CT molecular complexity index is 343. The van der Waals surface area contributed by atoms with Crippen LogP contribution in [0.5, 0.6) is 0 Å². The van der Waals surface area contributed by atoms with Crippen molar-refractivity contribution in [3.63, 3.8) is 0 Å². The molecule has 1 heterocycles. The highest BCUT2D eigenvalue weighted by molar-refractivity contribution is 5.91. The van der Waals surface area contributed by atoms with Gasteiger partial charge in [0, 0.05) is 19.0 Å². The van der Waals surface area contributed by atoms with Gasteiger partial charge in [-0.15, -0.1) is 0 Å². The Morgan fingerprint density at radius 2 is 1.80 bits per heavy atom. The molecule has 0 N–H and O–H groups in total. The summed E-state index contributed by atoms with van der Waals surface area (Å²) < 4.78 is 5.49. The Labute approximate surface area is 123 Å². The number of carbonyl (C=O) groups is 1. The third-order valence-corrected chi connectivity index (χ3v) is 5.81. The van der Waals surface area contributed by atoms with Crippen molar-refractivity contribution in [2.75, 3.05) is 26.3 Å². The summed E-state index contributed by atoms with van der Waals surface area (Å²) in [6.07, 6.45) is 9.47. The van der Waals surface area contributed by atoms with Gasteiger partial charge in [-0.3, -0.25) is 9.69 Å². The fourth-order valence-electron chi connectivity index (χ4n) is 4.72. The van der Waals surface area contributed by atoms with Crippen LogP contribution < -0.4 is 0 Å². The van der Waals surface area contributed by atoms with Crippen LogP contribution in [0.25, 0.3) is 0 Å². The second kappa shape index (κ2) is 6.15. The Morgan fingerprint density at radius 1 is 1.10 bits per heavy atom. The Morgan fingerprint density at radius 3 is 2.45 bits per heavy atom. The third kappa shape index (κ3) is 2.67. The highest BCUT2D eigenvalue weighted by Gasteiger charge is 2.48. The van der Waals surface area contributed by atoms with E-state index in [4.69, 9.17) is 4.74 Å². The van der Waals surface area contributed by atoms with E-state index in [9.17, 15) is 4.79 Å². The summed E-state index contributed by atoms with van der Waals surface area (Å²) in [6, 6.07) is 0. The van der Waals surface area contributed by atoms with E-state index in [2.05, 4.69) is 11.8 Å². The summed E-state index contributed by atoms with van der Waals surface area (Å²) in [5.74, 6) is 1.66. The highest BCUT2D eigenvalue weighted by atomic mass is 16.5. The van der Waals surface area contributed by atoms with Crippen LogP contribution in [0, 0.1) is 11.8 Å². The molecule has 2 saturated carbocycles. The molecule has 2 unspecified atom stereocenters. The lowest BCUT2D eigenvalue weighted by molar-refractivity contribution is -0.140. The van der Waals surface area contributed by atoms with E-state index in [1.54, 1.807) is 0 Å². The van der Waals surface area contributed by atoms with E-state index in [-0.39, 0.29) is 5.54 Å². The summed E-state index contributed by atoms with van der Waals surface area (Å²) in [5, 5.41) is 0. The summed E-state index contributed by atoms with van der Waals surface area (Å²) in [5.41, 5.74) is -0.120. The lowest BCUT2D eigenvalue weighted by Gasteiger charge is -2.44. The van der Waals surface area contributed by atoms with Crippen LogP contribution in [-0.4, -0.2) is 42.5 Å². The van der Waals surface area contributed by atoms with Gasteiger partial charge >= 0.3 is 0 Å². The molecular weight excluding hydrogens is 250 g/mol.